The summed E-state index contributed by atoms with van der Waals surface area (Å²) in [6, 6.07) is 29.3. The van der Waals surface area contributed by atoms with Crippen molar-refractivity contribution in [3.8, 4) is 11.5 Å². The average Bonchev–Trinajstić information content (AvgIpc) is 3.03. The van der Waals surface area contributed by atoms with E-state index in [0.29, 0.717) is 0 Å². The fraction of sp³-hybridized carbons (Fsp3) is 0.372. The van der Waals surface area contributed by atoms with Crippen LogP contribution in [0.3, 0.4) is 0 Å². The molecule has 0 aliphatic heterocycles. The molecule has 0 radical (unpaired) electrons. The van der Waals surface area contributed by atoms with Crippen molar-refractivity contribution in [2.75, 3.05) is 0 Å². The van der Waals surface area contributed by atoms with Crippen LogP contribution in [-0.2, 0) is 21.7 Å². The van der Waals surface area contributed by atoms with Crippen molar-refractivity contribution in [1.82, 2.24) is 0 Å². The molecule has 0 unspecified atom stereocenters. The van der Waals surface area contributed by atoms with Crippen LogP contribution in [0, 0.1) is 0 Å². The standard InChI is InChI=1S/2C14H22O.3C5H5N.Sr/c2*1-13(2,3)10-8-7-9-11(12(10)15)14(4,5)6;3*1-2-4-6-5-3-1;/h2*7-9,15H,1-6H3;3*1-5H;/q;;;;;+2/p+1. The van der Waals surface area contributed by atoms with Gasteiger partial charge in [-0.25, -0.2) is 15.0 Å². The van der Waals surface area contributed by atoms with Crippen LogP contribution >= 0.6 is 0 Å². The topological polar surface area (TPSA) is 88.5 Å². The zero-order valence-electron chi connectivity index (χ0n) is 32.1. The van der Waals surface area contributed by atoms with E-state index in [2.05, 4.69) is 98.0 Å². The first-order chi connectivity index (χ1) is 22.3. The summed E-state index contributed by atoms with van der Waals surface area (Å²) >= 11 is 0. The number of benzene rings is 2. The van der Waals surface area contributed by atoms with Gasteiger partial charge < -0.3 is 10.2 Å². The average molecular weight is 739 g/mol. The molecule has 3 heterocycles. The zero-order valence-corrected chi connectivity index (χ0v) is 35.6. The number of aromatic amines is 3. The van der Waals surface area contributed by atoms with Crippen molar-refractivity contribution in [3.05, 3.63) is 150 Å². The van der Waals surface area contributed by atoms with Crippen molar-refractivity contribution in [2.24, 2.45) is 0 Å². The molecule has 0 saturated carbocycles. The van der Waals surface area contributed by atoms with Crippen LogP contribution in [0.25, 0.3) is 0 Å². The number of nitrogens with one attached hydrogen (secondary N) is 3. The molecule has 0 atom stereocenters. The first-order valence-corrected chi connectivity index (χ1v) is 16.6. The van der Waals surface area contributed by atoms with E-state index in [0.717, 1.165) is 22.3 Å². The summed E-state index contributed by atoms with van der Waals surface area (Å²) in [4.78, 5) is 8.68. The monoisotopic (exact) mass is 738 g/mol. The van der Waals surface area contributed by atoms with Gasteiger partial charge in [0.05, 0.1) is 0 Å². The Hall–Kier alpha value is -3.03. The summed E-state index contributed by atoms with van der Waals surface area (Å²) < 4.78 is 0. The number of rotatable bonds is 0. The van der Waals surface area contributed by atoms with Crippen molar-refractivity contribution in [2.45, 2.75) is 105 Å². The normalized spacial score (nSPS) is 10.9. The molecule has 0 aliphatic rings. The summed E-state index contributed by atoms with van der Waals surface area (Å²) in [6.45, 7) is 25.0. The van der Waals surface area contributed by atoms with Gasteiger partial charge in [-0.05, 0) is 21.7 Å². The molecular formula is C43H60N3O2Sr+3. The van der Waals surface area contributed by atoms with Crippen LogP contribution in [0.1, 0.15) is 105 Å². The van der Waals surface area contributed by atoms with E-state index in [1.807, 2.05) is 128 Å². The predicted octanol–water partition coefficient (Wildman–Crippen LogP) is 7.83. The molecule has 2 aromatic carbocycles. The van der Waals surface area contributed by atoms with Crippen LogP contribution in [0.15, 0.2) is 128 Å². The molecule has 3 aromatic heterocycles. The van der Waals surface area contributed by atoms with Gasteiger partial charge in [0.15, 0.2) is 37.2 Å². The summed E-state index contributed by atoms with van der Waals surface area (Å²) in [6.07, 6.45) is 11.2. The maximum Gasteiger partial charge on any atom is 2.00 e. The van der Waals surface area contributed by atoms with Gasteiger partial charge in [-0.3, -0.25) is 0 Å². The van der Waals surface area contributed by atoms with Gasteiger partial charge in [-0.1, -0.05) is 160 Å². The maximum atomic E-state index is 12.3. The minimum atomic E-state index is -0.0711. The van der Waals surface area contributed by atoms with Crippen LogP contribution < -0.4 is 25.2 Å². The quantitative estimate of drug-likeness (QED) is 0.152. The SMILES string of the molecule is CC(C)(C)c1cccc(C(C)(C)C)c1[O-].CC(C)(C)c1cccc(C(C)(C)C)c1[O-].[Sr+2].c1cc[nH+]cc1.c1cc[nH+]cc1.c1cc[nH+]cc1. The predicted molar refractivity (Wildman–Crippen MR) is 201 cm³/mol. The Morgan fingerprint density at radius 1 is 0.327 bits per heavy atom. The maximum absolute atomic E-state index is 12.3. The van der Waals surface area contributed by atoms with E-state index in [4.69, 9.17) is 0 Å². The number of hydrogen-bond donors (Lipinski definition) is 0. The molecule has 0 spiro atoms. The largest absolute Gasteiger partial charge is 2.00 e. The molecule has 49 heavy (non-hydrogen) atoms. The van der Waals surface area contributed by atoms with Crippen LogP contribution in [-0.4, -0.2) is 45.5 Å². The van der Waals surface area contributed by atoms with Gasteiger partial charge in [-0.2, -0.15) is 0 Å². The second kappa shape index (κ2) is 21.9. The summed E-state index contributed by atoms with van der Waals surface area (Å²) in [7, 11) is 0. The summed E-state index contributed by atoms with van der Waals surface area (Å²) in [5.74, 6) is 0.412. The summed E-state index contributed by atoms with van der Waals surface area (Å²) in [5, 5.41) is 24.5. The molecule has 5 aromatic rings. The van der Waals surface area contributed by atoms with Crippen molar-refractivity contribution < 1.29 is 25.2 Å². The molecule has 0 amide bonds. The van der Waals surface area contributed by atoms with E-state index in [1.165, 1.54) is 0 Å². The third-order valence-electron chi connectivity index (χ3n) is 7.08. The summed E-state index contributed by atoms with van der Waals surface area (Å²) in [5.41, 5.74) is 3.36. The van der Waals surface area contributed by atoms with E-state index in [9.17, 15) is 10.2 Å². The Bertz CT molecular complexity index is 1260. The third-order valence-corrected chi connectivity index (χ3v) is 7.08. The number of H-pyrrole nitrogens is 3. The molecular weight excluding hydrogens is 678 g/mol. The Balaban J connectivity index is 0.000000624. The molecule has 5 rings (SSSR count). The second-order valence-electron chi connectivity index (χ2n) is 15.6. The van der Waals surface area contributed by atoms with Crippen LogP contribution in [0.2, 0.25) is 0 Å². The smallest absolute Gasteiger partial charge is 0.872 e. The van der Waals surface area contributed by atoms with Crippen LogP contribution in [0.4, 0.5) is 0 Å². The first-order valence-electron chi connectivity index (χ1n) is 16.6. The van der Waals surface area contributed by atoms with Gasteiger partial charge >= 0.3 is 45.5 Å². The minimum Gasteiger partial charge on any atom is -0.872 e. The molecule has 258 valence electrons. The van der Waals surface area contributed by atoms with Crippen molar-refractivity contribution >= 4 is 45.5 Å². The van der Waals surface area contributed by atoms with Gasteiger partial charge in [0, 0.05) is 36.4 Å². The fourth-order valence-electron chi connectivity index (χ4n) is 4.46. The van der Waals surface area contributed by atoms with E-state index >= 15 is 0 Å². The van der Waals surface area contributed by atoms with E-state index in [1.54, 1.807) is 0 Å². The van der Waals surface area contributed by atoms with Crippen LogP contribution in [0.5, 0.6) is 11.5 Å². The third kappa shape index (κ3) is 18.5. The molecule has 6 heteroatoms. The zero-order chi connectivity index (χ0) is 36.4. The fourth-order valence-corrected chi connectivity index (χ4v) is 4.46. The van der Waals surface area contributed by atoms with Gasteiger partial charge in [-0.15, -0.1) is 11.5 Å². The molecule has 5 nitrogen and oxygen atoms in total. The van der Waals surface area contributed by atoms with Gasteiger partial charge in [0.25, 0.3) is 0 Å². The number of pyridine rings is 3. The van der Waals surface area contributed by atoms with E-state index in [-0.39, 0.29) is 78.6 Å². The Morgan fingerprint density at radius 3 is 0.612 bits per heavy atom. The first kappa shape index (κ1) is 46.0. The molecule has 3 N–H and O–H groups in total. The molecule has 0 bridgehead atoms. The number of para-hydroxylation sites is 2. The number of hydrogen-bond acceptors (Lipinski definition) is 2. The number of aromatic nitrogens is 3. The van der Waals surface area contributed by atoms with Crippen molar-refractivity contribution in [1.29, 1.82) is 0 Å². The molecule has 0 aliphatic carbocycles. The minimum absolute atomic E-state index is 0. The molecule has 0 fully saturated rings. The Kier molecular flexibility index (Phi) is 20.6. The van der Waals surface area contributed by atoms with E-state index < -0.39 is 0 Å². The molecule has 0 saturated heterocycles. The van der Waals surface area contributed by atoms with Gasteiger partial charge in [0.1, 0.15) is 0 Å². The van der Waals surface area contributed by atoms with Gasteiger partial charge in [0.2, 0.25) is 0 Å². The Morgan fingerprint density at radius 2 is 0.510 bits per heavy atom. The second-order valence-corrected chi connectivity index (χ2v) is 15.6. The Labute approximate surface area is 334 Å². The van der Waals surface area contributed by atoms with Crippen molar-refractivity contribution in [3.63, 3.8) is 0 Å².